The van der Waals surface area contributed by atoms with E-state index in [4.69, 9.17) is 4.74 Å². The molecule has 3 aliphatic heterocycles. The van der Waals surface area contributed by atoms with Gasteiger partial charge in [0.15, 0.2) is 0 Å². The van der Waals surface area contributed by atoms with Gasteiger partial charge in [0.1, 0.15) is 66.1 Å². The van der Waals surface area contributed by atoms with Gasteiger partial charge in [0.05, 0.1) is 45.8 Å². The van der Waals surface area contributed by atoms with Crippen LogP contribution in [0.4, 0.5) is 30.7 Å². The molecule has 0 bridgehead atoms. The van der Waals surface area contributed by atoms with Gasteiger partial charge < -0.3 is 64.8 Å². The zero-order valence-electron chi connectivity index (χ0n) is 62.6. The Labute approximate surface area is 606 Å². The molecule has 3 saturated heterocycles. The predicted molar refractivity (Wildman–Crippen MR) is 367 cm³/mol. The van der Waals surface area contributed by atoms with Crippen molar-refractivity contribution in [2.45, 2.75) is 248 Å². The molecule has 0 radical (unpaired) electrons. The van der Waals surface area contributed by atoms with Crippen LogP contribution in [-0.2, 0) is 62.3 Å². The summed E-state index contributed by atoms with van der Waals surface area (Å²) < 4.78 is 110. The highest BCUT2D eigenvalue weighted by Crippen LogP contribution is 2.45. The van der Waals surface area contributed by atoms with E-state index in [-0.39, 0.29) is 63.8 Å². The maximum Gasteiger partial charge on any atom is 0.397 e. The van der Waals surface area contributed by atoms with Crippen LogP contribution in [0.25, 0.3) is 0 Å². The SMILES string of the molecule is CC[C@H](C)[C@@H]1NC(=O)[C@H](CC(C)C)N(C)C(=O)C[C@@H](C(=O)N2CCOCC2)N(C)C(=O)[C@H](C2CCCCC2)N(C)C(=O)C2(CCCC2)NC(=O)[C@@H]2CC(F)(F)CN2C(=O)[C@H](CCC2CC(F)C(C(F)(F)F)C(F)C2)NC(=O)CN(C)C(=O)[C@H](CC2CCCCC2)N(C)C(=O)CN(C)C(=O)CN(C)C1=O. The second kappa shape index (κ2) is 36.6. The smallest absolute Gasteiger partial charge is 0.378 e. The lowest BCUT2D eigenvalue weighted by atomic mass is 9.76. The monoisotopic (exact) mass is 1490 g/mol. The molecular formula is C72H113F7N12O13. The van der Waals surface area contributed by atoms with Crippen molar-refractivity contribution in [1.29, 1.82) is 0 Å². The van der Waals surface area contributed by atoms with Crippen LogP contribution in [-0.4, -0.2) is 289 Å². The van der Waals surface area contributed by atoms with E-state index in [1.807, 2.05) is 13.8 Å². The fraction of sp³-hybridized carbons (Fsp3) is 0.833. The van der Waals surface area contributed by atoms with Crippen molar-refractivity contribution in [2.75, 3.05) is 102 Å². The highest BCUT2D eigenvalue weighted by molar-refractivity contribution is 6.01. The second-order valence-electron chi connectivity index (χ2n) is 31.2. The van der Waals surface area contributed by atoms with Gasteiger partial charge in [-0.1, -0.05) is 98.3 Å². The number of alkyl halides is 7. The van der Waals surface area contributed by atoms with Crippen molar-refractivity contribution in [3.63, 3.8) is 0 Å². The number of hydrogen-bond acceptors (Lipinski definition) is 13. The van der Waals surface area contributed by atoms with E-state index in [2.05, 4.69) is 16.0 Å². The van der Waals surface area contributed by atoms with E-state index in [0.29, 0.717) is 62.7 Å². The highest BCUT2D eigenvalue weighted by atomic mass is 19.4. The van der Waals surface area contributed by atoms with Crippen LogP contribution in [0.15, 0.2) is 0 Å². The molecular weight excluding hydrogens is 1370 g/mol. The van der Waals surface area contributed by atoms with Crippen molar-refractivity contribution < 1.29 is 93.0 Å². The number of morpholine rings is 1. The number of halogens is 7. The Morgan fingerprint density at radius 3 is 1.76 bits per heavy atom. The summed E-state index contributed by atoms with van der Waals surface area (Å²) in [5.41, 5.74) is -1.89. The Kier molecular flexibility index (Phi) is 29.7. The first-order valence-corrected chi connectivity index (χ1v) is 37.4. The third-order valence-electron chi connectivity index (χ3n) is 23.1. The van der Waals surface area contributed by atoms with E-state index < -0.39 is 232 Å². The molecule has 12 amide bonds. The molecule has 588 valence electrons. The van der Waals surface area contributed by atoms with E-state index in [0.717, 1.165) is 50.2 Å². The van der Waals surface area contributed by atoms with E-state index in [1.165, 1.54) is 64.0 Å². The first kappa shape index (κ1) is 84.4. The van der Waals surface area contributed by atoms with Crippen molar-refractivity contribution in [1.82, 2.24) is 60.0 Å². The summed E-state index contributed by atoms with van der Waals surface area (Å²) in [6.07, 6.45) is -7.36. The largest absolute Gasteiger partial charge is 0.397 e. The van der Waals surface area contributed by atoms with Crippen LogP contribution in [0.5, 0.6) is 0 Å². The minimum Gasteiger partial charge on any atom is -0.378 e. The molecule has 7 fully saturated rings. The zero-order valence-corrected chi connectivity index (χ0v) is 62.6. The summed E-state index contributed by atoms with van der Waals surface area (Å²) in [7, 11) is 9.33. The maximum absolute atomic E-state index is 16.2. The van der Waals surface area contributed by atoms with Crippen molar-refractivity contribution in [2.24, 2.45) is 35.5 Å². The number of nitrogens with zero attached hydrogens (tertiary/aromatic N) is 9. The summed E-state index contributed by atoms with van der Waals surface area (Å²) in [5.74, 6) is -19.5. The van der Waals surface area contributed by atoms with Crippen LogP contribution in [0.1, 0.15) is 175 Å². The topological polar surface area (TPSA) is 279 Å². The van der Waals surface area contributed by atoms with Crippen molar-refractivity contribution in [3.05, 3.63) is 0 Å². The minimum atomic E-state index is -5.23. The Hall–Kier alpha value is -6.89. The van der Waals surface area contributed by atoms with Gasteiger partial charge >= 0.3 is 6.18 Å². The average Bonchev–Trinajstić information content (AvgIpc) is 1.62. The number of fused-ring (bicyclic) bond motifs is 1. The summed E-state index contributed by atoms with van der Waals surface area (Å²) in [5, 5.41) is 8.07. The third-order valence-corrected chi connectivity index (χ3v) is 23.1. The van der Waals surface area contributed by atoms with Gasteiger partial charge in [-0.25, -0.2) is 17.6 Å². The molecule has 25 nitrogen and oxygen atoms in total. The molecule has 2 unspecified atom stereocenters. The fourth-order valence-electron chi connectivity index (χ4n) is 16.5. The molecule has 4 aliphatic carbocycles. The molecule has 32 heteroatoms. The summed E-state index contributed by atoms with van der Waals surface area (Å²) >= 11 is 0. The Balaban J connectivity index is 1.30. The molecule has 3 heterocycles. The normalized spacial score (nSPS) is 30.7. The summed E-state index contributed by atoms with van der Waals surface area (Å²) in [6.45, 7) is 4.14. The van der Waals surface area contributed by atoms with Crippen molar-refractivity contribution in [3.8, 4) is 0 Å². The van der Waals surface area contributed by atoms with Gasteiger partial charge in [0, 0.05) is 68.8 Å². The number of carbonyl (C=O) groups excluding carboxylic acids is 12. The first-order valence-electron chi connectivity index (χ1n) is 37.4. The molecule has 7 aliphatic rings. The van der Waals surface area contributed by atoms with Gasteiger partial charge in [-0.05, 0) is 93.8 Å². The number of hydrogen-bond donors (Lipinski definition) is 3. The number of nitrogens with one attached hydrogen (secondary N) is 3. The summed E-state index contributed by atoms with van der Waals surface area (Å²) in [6, 6.07) is -10.7. The number of carbonyl (C=O) groups is 12. The number of amides is 12. The molecule has 1 spiro atoms. The lowest BCUT2D eigenvalue weighted by Gasteiger charge is -2.43. The van der Waals surface area contributed by atoms with Crippen LogP contribution in [0, 0.1) is 35.5 Å². The number of likely N-dealkylation sites (N-methyl/N-ethyl adjacent to an activating group) is 7. The summed E-state index contributed by atoms with van der Waals surface area (Å²) in [4.78, 5) is 189. The molecule has 0 aromatic rings. The van der Waals surface area contributed by atoms with Gasteiger partial charge in [0.25, 0.3) is 5.92 Å². The lowest BCUT2D eigenvalue weighted by Crippen LogP contribution is -2.65. The van der Waals surface area contributed by atoms with E-state index >= 15 is 46.3 Å². The zero-order chi connectivity index (χ0) is 77.0. The van der Waals surface area contributed by atoms with Crippen LogP contribution < -0.4 is 16.0 Å². The molecule has 4 saturated carbocycles. The molecule has 0 aromatic heterocycles. The average molecular weight is 1490 g/mol. The van der Waals surface area contributed by atoms with Gasteiger partial charge in [-0.3, -0.25) is 57.5 Å². The van der Waals surface area contributed by atoms with Crippen molar-refractivity contribution >= 4 is 70.9 Å². The Morgan fingerprint density at radius 1 is 0.615 bits per heavy atom. The fourth-order valence-corrected chi connectivity index (χ4v) is 16.5. The number of ether oxygens (including phenoxy) is 1. The van der Waals surface area contributed by atoms with E-state index in [9.17, 15) is 41.9 Å². The lowest BCUT2D eigenvalue weighted by molar-refractivity contribution is -0.219. The van der Waals surface area contributed by atoms with Crippen LogP contribution in [0.3, 0.4) is 0 Å². The van der Waals surface area contributed by atoms with Crippen LogP contribution in [0.2, 0.25) is 0 Å². The Morgan fingerprint density at radius 2 is 1.18 bits per heavy atom. The standard InChI is InChI=1S/C72H113F7N12O13/c1-12-44(4)60-67(101)85(7)40-57(94)83(5)41-58(95)87(9)52(36-45-21-15-13-16-22-45)65(99)84(6)39-55(92)80-50(26-25-46-34-48(73)59(49(74)35-46)72(77,78)79)64(98)91-42-71(75,76)38-54(91)63(97)82-70(27-19-20-28-70)69(103)89(11)61(47-23-17-14-18-24-47)68(102)88(10)53(66(100)90-29-31-104-32-30-90)37-56(93)86(8)51(33-43(2)3)62(96)81-60/h43-54,59-61H,12-42H2,1-11H3,(H,80,92)(H,81,96)(H,82,97)/t44-,46?,48?,49?,50-,51-,52-,53-,54-,59?,60-,61-/m0/s1. The Bertz CT molecular complexity index is 3040. The van der Waals surface area contributed by atoms with Gasteiger partial charge in [-0.2, -0.15) is 13.2 Å². The predicted octanol–water partition coefficient (Wildman–Crippen LogP) is 5.25. The molecule has 7 rings (SSSR count). The quantitative estimate of drug-likeness (QED) is 0.223. The second-order valence-corrected chi connectivity index (χ2v) is 31.2. The van der Waals surface area contributed by atoms with Gasteiger partial charge in [-0.15, -0.1) is 0 Å². The molecule has 0 aromatic carbocycles. The first-order chi connectivity index (χ1) is 48.8. The molecule has 104 heavy (non-hydrogen) atoms. The van der Waals surface area contributed by atoms with E-state index in [1.54, 1.807) is 13.8 Å². The van der Waals surface area contributed by atoms with Gasteiger partial charge in [0.2, 0.25) is 70.9 Å². The minimum absolute atomic E-state index is 0.0610. The maximum atomic E-state index is 16.2. The molecule has 3 N–H and O–H groups in total. The highest BCUT2D eigenvalue weighted by Gasteiger charge is 2.57. The number of rotatable bonds is 11. The van der Waals surface area contributed by atoms with Crippen LogP contribution >= 0.6 is 0 Å². The molecule has 10 atom stereocenters. The third kappa shape index (κ3) is 21.0.